The topological polar surface area (TPSA) is 191 Å². The summed E-state index contributed by atoms with van der Waals surface area (Å²) in [5.74, 6) is 2.40. The first-order valence-electron chi connectivity index (χ1n) is 23.6. The van der Waals surface area contributed by atoms with Gasteiger partial charge in [0.05, 0.1) is 47.9 Å². The molecule has 1 saturated heterocycles. The number of carbonyl (C=O) groups excluding carboxylic acids is 3. The minimum absolute atomic E-state index is 0.0174. The zero-order valence-corrected chi connectivity index (χ0v) is 41.0. The van der Waals surface area contributed by atoms with E-state index in [1.165, 1.54) is 0 Å². The molecule has 0 unspecified atom stereocenters. The van der Waals surface area contributed by atoms with Crippen molar-refractivity contribution in [1.29, 1.82) is 5.26 Å². The lowest BCUT2D eigenvalue weighted by Crippen LogP contribution is -2.74. The molecule has 2 aromatic carbocycles. The zero-order chi connectivity index (χ0) is 48.5. The molecule has 0 bridgehead atoms. The second kappa shape index (κ2) is 19.8. The number of aromatic nitrogens is 4. The number of hydrogen-bond acceptors (Lipinski definition) is 14. The van der Waals surface area contributed by atoms with Crippen molar-refractivity contribution < 1.29 is 28.6 Å². The smallest absolute Gasteiger partial charge is 0.254 e. The van der Waals surface area contributed by atoms with Crippen molar-refractivity contribution in [3.63, 3.8) is 0 Å². The number of fused-ring (bicyclic) bond motifs is 1. The molecule has 2 N–H and O–H groups in total. The molecule has 4 heterocycles. The maximum atomic E-state index is 13.4. The quantitative estimate of drug-likeness (QED) is 0.115. The van der Waals surface area contributed by atoms with Crippen LogP contribution in [0.2, 0.25) is 5.02 Å². The van der Waals surface area contributed by atoms with E-state index in [1.807, 2.05) is 24.9 Å². The lowest BCUT2D eigenvalue weighted by Gasteiger charge is -2.63. The maximum absolute atomic E-state index is 13.4. The zero-order valence-electron chi connectivity index (χ0n) is 40.2. The molecule has 68 heavy (non-hydrogen) atoms. The van der Waals surface area contributed by atoms with Crippen molar-refractivity contribution >= 4 is 58.4 Å². The number of methoxy groups -OCH3 is 1. The van der Waals surface area contributed by atoms with Gasteiger partial charge in [0.1, 0.15) is 35.4 Å². The van der Waals surface area contributed by atoms with Crippen LogP contribution in [0.1, 0.15) is 106 Å². The van der Waals surface area contributed by atoms with Crippen LogP contribution < -0.4 is 39.7 Å². The normalized spacial score (nSPS) is 21.1. The number of nitriles is 1. The van der Waals surface area contributed by atoms with Gasteiger partial charge < -0.3 is 44.4 Å². The van der Waals surface area contributed by atoms with Gasteiger partial charge in [0.15, 0.2) is 5.82 Å². The Morgan fingerprint density at radius 2 is 1.66 bits per heavy atom. The average Bonchev–Trinajstić information content (AvgIpc) is 3.89. The Balaban J connectivity index is 0.791. The second-order valence-electron chi connectivity index (χ2n) is 19.4. The predicted molar refractivity (Wildman–Crippen MR) is 260 cm³/mol. The number of benzene rings is 2. The molecule has 3 fully saturated rings. The number of anilines is 5. The van der Waals surface area contributed by atoms with Gasteiger partial charge in [0, 0.05) is 80.7 Å². The number of nitrogens with zero attached hydrogens (tertiary/aromatic N) is 9. The molecule has 8 rings (SSSR count). The van der Waals surface area contributed by atoms with Gasteiger partial charge in [-0.1, -0.05) is 59.1 Å². The van der Waals surface area contributed by atoms with Gasteiger partial charge in [-0.25, -0.2) is 15.0 Å². The number of halogens is 1. The van der Waals surface area contributed by atoms with E-state index in [9.17, 15) is 19.6 Å². The van der Waals surface area contributed by atoms with Crippen LogP contribution in [0.4, 0.5) is 29.1 Å². The number of carbonyl (C=O) groups is 3. The van der Waals surface area contributed by atoms with Crippen LogP contribution in [0.15, 0.2) is 55.0 Å². The van der Waals surface area contributed by atoms with E-state index in [1.54, 1.807) is 68.0 Å². The van der Waals surface area contributed by atoms with Crippen molar-refractivity contribution in [2.75, 3.05) is 67.0 Å². The number of hydrogen-bond donors (Lipinski definition) is 2. The molecule has 3 amide bonds. The van der Waals surface area contributed by atoms with Crippen LogP contribution in [0, 0.1) is 22.2 Å². The molecule has 18 heteroatoms. The van der Waals surface area contributed by atoms with Gasteiger partial charge >= 0.3 is 0 Å². The Kier molecular flexibility index (Phi) is 14.0. The van der Waals surface area contributed by atoms with Gasteiger partial charge in [-0.2, -0.15) is 10.2 Å². The highest BCUT2D eigenvalue weighted by molar-refractivity contribution is 6.31. The average molecular weight is 949 g/mol. The number of nitrogens with one attached hydrogen (secondary N) is 2. The largest absolute Gasteiger partial charge is 0.495 e. The number of likely N-dealkylation sites (N-methyl/N-ethyl adjacent to an activating group) is 1. The molecule has 4 aliphatic rings. The predicted octanol–water partition coefficient (Wildman–Crippen LogP) is 7.10. The lowest BCUT2D eigenvalue weighted by molar-refractivity contribution is -0.164. The Labute approximate surface area is 403 Å². The summed E-state index contributed by atoms with van der Waals surface area (Å²) in [6.07, 6.45) is 11.2. The number of amides is 3. The third-order valence-corrected chi connectivity index (χ3v) is 14.6. The van der Waals surface area contributed by atoms with Crippen LogP contribution in [0.5, 0.6) is 11.5 Å². The minimum atomic E-state index is -0.405. The molecule has 2 aliphatic heterocycles. The van der Waals surface area contributed by atoms with Crippen LogP contribution in [-0.4, -0.2) is 115 Å². The molecule has 2 aromatic heterocycles. The van der Waals surface area contributed by atoms with E-state index in [0.717, 1.165) is 44.3 Å². The Morgan fingerprint density at radius 3 is 2.31 bits per heavy atom. The summed E-state index contributed by atoms with van der Waals surface area (Å²) in [6, 6.07) is 12.2. The van der Waals surface area contributed by atoms with Gasteiger partial charge in [0.2, 0.25) is 17.8 Å². The van der Waals surface area contributed by atoms with Crippen molar-refractivity contribution in [2.45, 2.75) is 110 Å². The number of piperidine rings is 1. The molecular weight excluding hydrogens is 886 g/mol. The van der Waals surface area contributed by atoms with Gasteiger partial charge in [-0.15, -0.1) is 0 Å². The molecular formula is C50H62ClN11O6. The summed E-state index contributed by atoms with van der Waals surface area (Å²) in [5, 5.41) is 15.7. The fraction of sp³-hybridized carbons (Fsp3) is 0.520. The van der Waals surface area contributed by atoms with E-state index in [-0.39, 0.29) is 48.1 Å². The van der Waals surface area contributed by atoms with E-state index >= 15 is 0 Å². The first-order valence-corrected chi connectivity index (χ1v) is 23.9. The monoisotopic (exact) mass is 947 g/mol. The van der Waals surface area contributed by atoms with Crippen LogP contribution in [-0.2, 0) is 9.53 Å². The summed E-state index contributed by atoms with van der Waals surface area (Å²) in [4.78, 5) is 66.7. The fourth-order valence-corrected chi connectivity index (χ4v) is 11.1. The van der Waals surface area contributed by atoms with Gasteiger partial charge in [-0.05, 0) is 62.4 Å². The highest BCUT2D eigenvalue weighted by Gasteiger charge is 2.64. The Morgan fingerprint density at radius 1 is 0.956 bits per heavy atom. The first kappa shape index (κ1) is 48.2. The van der Waals surface area contributed by atoms with Crippen LogP contribution >= 0.6 is 11.6 Å². The van der Waals surface area contributed by atoms with Crippen molar-refractivity contribution in [1.82, 2.24) is 30.6 Å². The van der Waals surface area contributed by atoms with Crippen molar-refractivity contribution in [3.8, 4) is 17.6 Å². The summed E-state index contributed by atoms with van der Waals surface area (Å²) in [7, 11) is 5.22. The highest BCUT2D eigenvalue weighted by atomic mass is 35.5. The molecule has 17 nitrogen and oxygen atoms in total. The molecule has 0 spiro atoms. The van der Waals surface area contributed by atoms with Crippen LogP contribution in [0.3, 0.4) is 0 Å². The molecule has 0 radical (unpaired) electrons. The number of ether oxygens (including phenoxy) is 3. The standard InChI is InChI=1S/C50H62ClN11O6/c1-9-37-44(65)59(6)39-29-56-48(57-41(39)62(37)33-12-10-11-13-33)60(7)38-17-15-30(24-40(38)66-8)42(63)53-20-23-67-34-18-21-61(22-19-34)47-54-27-32(28-55-47)43(64)58-45-49(2,3)46(50(45,4)5)68-35-16-14-31(26-52)36(51)25-35/h14-17,24-25,27-29,33-34,37,45-46H,9-13,18-23H2,1-8H3,(H,53,63)(H,58,64)/t37-,45?,46?/m1/s1. The lowest BCUT2D eigenvalue weighted by atomic mass is 9.49. The van der Waals surface area contributed by atoms with Crippen molar-refractivity contribution in [3.05, 3.63) is 76.7 Å². The summed E-state index contributed by atoms with van der Waals surface area (Å²) in [5.41, 5.74) is 1.78. The highest BCUT2D eigenvalue weighted by Crippen LogP contribution is 2.55. The molecule has 2 saturated carbocycles. The third kappa shape index (κ3) is 9.32. The van der Waals surface area contributed by atoms with Gasteiger partial charge in [0.25, 0.3) is 11.8 Å². The fourth-order valence-electron chi connectivity index (χ4n) is 10.9. The number of rotatable bonds is 15. The SMILES string of the molecule is CC[C@@H]1C(=O)N(C)c2cnc(N(C)c3ccc(C(=O)NCCOC4CCN(c5ncc(C(=O)NC6C(C)(C)C(Oc7ccc(C#N)c(Cl)c7)C6(C)C)cn5)CC4)cc3OC)nc2N1C1CCCC1. The second-order valence-corrected chi connectivity index (χ2v) is 19.8. The molecule has 360 valence electrons. The summed E-state index contributed by atoms with van der Waals surface area (Å²) < 4.78 is 18.3. The first-order chi connectivity index (χ1) is 32.6. The van der Waals surface area contributed by atoms with Gasteiger partial charge in [-0.3, -0.25) is 14.4 Å². The summed E-state index contributed by atoms with van der Waals surface area (Å²) >= 11 is 6.25. The third-order valence-electron chi connectivity index (χ3n) is 14.3. The van der Waals surface area contributed by atoms with E-state index in [4.69, 9.17) is 30.8 Å². The minimum Gasteiger partial charge on any atom is -0.495 e. The molecule has 2 aliphatic carbocycles. The van der Waals surface area contributed by atoms with Crippen molar-refractivity contribution in [2.24, 2.45) is 10.8 Å². The van der Waals surface area contributed by atoms with E-state index in [2.05, 4.69) is 69.1 Å². The summed E-state index contributed by atoms with van der Waals surface area (Å²) in [6.45, 7) is 12.3. The van der Waals surface area contributed by atoms with Crippen LogP contribution in [0.25, 0.3) is 0 Å². The van der Waals surface area contributed by atoms with E-state index < -0.39 is 10.8 Å². The Hall–Kier alpha value is -6.25. The van der Waals surface area contributed by atoms with E-state index in [0.29, 0.717) is 89.1 Å². The molecule has 4 aromatic rings. The molecule has 1 atom stereocenters. The Bertz CT molecular complexity index is 2540. The maximum Gasteiger partial charge on any atom is 0.254 e.